The van der Waals surface area contributed by atoms with Crippen LogP contribution in [0.2, 0.25) is 0 Å². The molecule has 0 spiro atoms. The molecule has 0 saturated carbocycles. The van der Waals surface area contributed by atoms with Crippen molar-refractivity contribution >= 4 is 18.0 Å². The number of carbonyl (C=O) groups is 2. The summed E-state index contributed by atoms with van der Waals surface area (Å²) in [5.41, 5.74) is 1.33. The second-order valence-corrected chi connectivity index (χ2v) is 3.68. The minimum atomic E-state index is -0.762. The molecule has 2 rings (SSSR count). The summed E-state index contributed by atoms with van der Waals surface area (Å²) in [6, 6.07) is 6.80. The van der Waals surface area contributed by atoms with Crippen molar-refractivity contribution in [3.63, 3.8) is 0 Å². The number of ether oxygens (including phenoxy) is 2. The summed E-state index contributed by atoms with van der Waals surface area (Å²) in [7, 11) is 0. The van der Waals surface area contributed by atoms with E-state index >= 15 is 0 Å². The van der Waals surface area contributed by atoms with Crippen LogP contribution >= 0.6 is 0 Å². The van der Waals surface area contributed by atoms with Gasteiger partial charge >= 0.3 is 11.9 Å². The quantitative estimate of drug-likeness (QED) is 0.746. The number of hydrogen-bond donors (Lipinski definition) is 0. The van der Waals surface area contributed by atoms with E-state index in [4.69, 9.17) is 9.47 Å². The Morgan fingerprint density at radius 2 is 2.12 bits per heavy atom. The maximum Gasteiger partial charge on any atom is 0.347 e. The largest absolute Gasteiger partial charge is 0.463 e. The monoisotopic (exact) mass is 232 g/mol. The van der Waals surface area contributed by atoms with E-state index in [2.05, 4.69) is 6.58 Å². The number of hydrogen-bond acceptors (Lipinski definition) is 4. The van der Waals surface area contributed by atoms with Crippen molar-refractivity contribution in [2.24, 2.45) is 0 Å². The van der Waals surface area contributed by atoms with Crippen LogP contribution in [0.15, 0.2) is 30.8 Å². The summed E-state index contributed by atoms with van der Waals surface area (Å²) in [4.78, 5) is 22.8. The van der Waals surface area contributed by atoms with E-state index in [-0.39, 0.29) is 0 Å². The average Bonchev–Trinajstić information content (AvgIpc) is 2.75. The maximum atomic E-state index is 11.7. The minimum absolute atomic E-state index is 0.312. The highest BCUT2D eigenvalue weighted by molar-refractivity contribution is 5.91. The van der Waals surface area contributed by atoms with Crippen LogP contribution in [0.1, 0.15) is 22.3 Å². The molecule has 0 N–H and O–H groups in total. The lowest BCUT2D eigenvalue weighted by Gasteiger charge is -2.08. The van der Waals surface area contributed by atoms with Crippen LogP contribution in [0.25, 0.3) is 6.08 Å². The van der Waals surface area contributed by atoms with E-state index in [0.717, 1.165) is 5.56 Å². The van der Waals surface area contributed by atoms with Gasteiger partial charge in [0.15, 0.2) is 0 Å². The highest BCUT2D eigenvalue weighted by Crippen LogP contribution is 2.14. The topological polar surface area (TPSA) is 52.6 Å². The van der Waals surface area contributed by atoms with Crippen molar-refractivity contribution in [3.05, 3.63) is 42.0 Å². The zero-order valence-corrected chi connectivity index (χ0v) is 9.22. The van der Waals surface area contributed by atoms with E-state index in [0.29, 0.717) is 18.6 Å². The molecule has 4 heteroatoms. The third-order valence-corrected chi connectivity index (χ3v) is 2.52. The first-order valence-electron chi connectivity index (χ1n) is 5.31. The second kappa shape index (κ2) is 4.82. The van der Waals surface area contributed by atoms with Crippen LogP contribution in [0.3, 0.4) is 0 Å². The Bertz CT molecular complexity index is 447. The van der Waals surface area contributed by atoms with Crippen molar-refractivity contribution in [1.82, 2.24) is 0 Å². The molecular weight excluding hydrogens is 220 g/mol. The van der Waals surface area contributed by atoms with Gasteiger partial charge in [-0.25, -0.2) is 9.59 Å². The molecule has 1 atom stereocenters. The molecule has 0 aliphatic carbocycles. The SMILES string of the molecule is C=Cc1ccc(C(=O)OC2CCOC2=O)cc1. The molecule has 17 heavy (non-hydrogen) atoms. The number of cyclic esters (lactones) is 1. The Morgan fingerprint density at radius 3 is 2.65 bits per heavy atom. The molecule has 1 heterocycles. The van der Waals surface area contributed by atoms with Gasteiger partial charge in [0.25, 0.3) is 0 Å². The van der Waals surface area contributed by atoms with E-state index in [1.807, 2.05) is 0 Å². The molecule has 1 aliphatic rings. The van der Waals surface area contributed by atoms with E-state index in [1.165, 1.54) is 0 Å². The Kier molecular flexibility index (Phi) is 3.23. The fourth-order valence-corrected chi connectivity index (χ4v) is 1.54. The molecule has 1 aliphatic heterocycles. The lowest BCUT2D eigenvalue weighted by atomic mass is 10.1. The summed E-state index contributed by atoms with van der Waals surface area (Å²) in [5, 5.41) is 0. The van der Waals surface area contributed by atoms with Gasteiger partial charge in [-0.05, 0) is 17.7 Å². The Balaban J connectivity index is 2.03. The third kappa shape index (κ3) is 2.53. The summed E-state index contributed by atoms with van der Waals surface area (Å²) in [5.74, 6) is -0.981. The van der Waals surface area contributed by atoms with Crippen LogP contribution in [0.4, 0.5) is 0 Å². The molecule has 0 amide bonds. The minimum Gasteiger partial charge on any atom is -0.463 e. The van der Waals surface area contributed by atoms with Gasteiger partial charge in [-0.2, -0.15) is 0 Å². The van der Waals surface area contributed by atoms with Crippen molar-refractivity contribution in [2.45, 2.75) is 12.5 Å². The van der Waals surface area contributed by atoms with Gasteiger partial charge in [0.05, 0.1) is 12.2 Å². The van der Waals surface area contributed by atoms with Crippen LogP contribution in [0.5, 0.6) is 0 Å². The number of benzene rings is 1. The van der Waals surface area contributed by atoms with Gasteiger partial charge in [-0.1, -0.05) is 24.8 Å². The first-order valence-corrected chi connectivity index (χ1v) is 5.31. The molecule has 1 aromatic carbocycles. The Morgan fingerprint density at radius 1 is 1.41 bits per heavy atom. The molecule has 1 unspecified atom stereocenters. The average molecular weight is 232 g/mol. The molecule has 0 radical (unpaired) electrons. The van der Waals surface area contributed by atoms with Gasteiger partial charge < -0.3 is 9.47 Å². The first-order chi connectivity index (χ1) is 8.20. The predicted octanol–water partition coefficient (Wildman–Crippen LogP) is 1.80. The third-order valence-electron chi connectivity index (χ3n) is 2.52. The molecular formula is C13H12O4. The first kappa shape index (κ1) is 11.4. The van der Waals surface area contributed by atoms with E-state index in [1.54, 1.807) is 30.3 Å². The Hall–Kier alpha value is -2.10. The molecule has 0 aromatic heterocycles. The summed E-state index contributed by atoms with van der Waals surface area (Å²) in [6.07, 6.45) is 1.35. The van der Waals surface area contributed by atoms with E-state index < -0.39 is 18.0 Å². The highest BCUT2D eigenvalue weighted by atomic mass is 16.6. The molecule has 1 saturated heterocycles. The summed E-state index contributed by atoms with van der Waals surface area (Å²) >= 11 is 0. The lowest BCUT2D eigenvalue weighted by molar-refractivity contribution is -0.145. The molecule has 1 aromatic rings. The lowest BCUT2D eigenvalue weighted by Crippen LogP contribution is -2.22. The van der Waals surface area contributed by atoms with Crippen molar-refractivity contribution in [2.75, 3.05) is 6.61 Å². The van der Waals surface area contributed by atoms with Gasteiger partial charge in [-0.3, -0.25) is 0 Å². The normalized spacial score (nSPS) is 18.6. The van der Waals surface area contributed by atoms with E-state index in [9.17, 15) is 9.59 Å². The van der Waals surface area contributed by atoms with Crippen LogP contribution in [-0.4, -0.2) is 24.6 Å². The molecule has 4 nitrogen and oxygen atoms in total. The van der Waals surface area contributed by atoms with Gasteiger partial charge in [0.2, 0.25) is 6.10 Å². The van der Waals surface area contributed by atoms with Crippen LogP contribution in [0, 0.1) is 0 Å². The zero-order valence-electron chi connectivity index (χ0n) is 9.22. The van der Waals surface area contributed by atoms with Gasteiger partial charge in [0, 0.05) is 6.42 Å². The fraction of sp³-hybridized carbons (Fsp3) is 0.231. The van der Waals surface area contributed by atoms with Gasteiger partial charge in [0.1, 0.15) is 0 Å². The second-order valence-electron chi connectivity index (χ2n) is 3.68. The van der Waals surface area contributed by atoms with Crippen LogP contribution in [-0.2, 0) is 14.3 Å². The summed E-state index contributed by atoms with van der Waals surface area (Å²) < 4.78 is 9.75. The fourth-order valence-electron chi connectivity index (χ4n) is 1.54. The number of carbonyl (C=O) groups excluding carboxylic acids is 2. The van der Waals surface area contributed by atoms with Crippen LogP contribution < -0.4 is 0 Å². The smallest absolute Gasteiger partial charge is 0.347 e. The molecule has 0 bridgehead atoms. The van der Waals surface area contributed by atoms with Crippen molar-refractivity contribution in [1.29, 1.82) is 0 Å². The Labute approximate surface area is 98.8 Å². The maximum absolute atomic E-state index is 11.7. The number of esters is 2. The standard InChI is InChI=1S/C13H12O4/c1-2-9-3-5-10(6-4-9)12(14)17-11-7-8-16-13(11)15/h2-6,11H,1,7-8H2. The summed E-state index contributed by atoms with van der Waals surface area (Å²) in [6.45, 7) is 3.93. The predicted molar refractivity (Wildman–Crippen MR) is 61.3 cm³/mol. The van der Waals surface area contributed by atoms with Gasteiger partial charge in [-0.15, -0.1) is 0 Å². The van der Waals surface area contributed by atoms with Crippen molar-refractivity contribution < 1.29 is 19.1 Å². The highest BCUT2D eigenvalue weighted by Gasteiger charge is 2.30. The molecule has 88 valence electrons. The molecule has 1 fully saturated rings. The zero-order chi connectivity index (χ0) is 12.3. The number of rotatable bonds is 3. The van der Waals surface area contributed by atoms with Crippen molar-refractivity contribution in [3.8, 4) is 0 Å².